The van der Waals surface area contributed by atoms with Crippen LogP contribution in [0.15, 0.2) is 37.0 Å². The van der Waals surface area contributed by atoms with Crippen molar-refractivity contribution >= 4 is 11.9 Å². The molecule has 0 radical (unpaired) electrons. The van der Waals surface area contributed by atoms with Gasteiger partial charge in [0.1, 0.15) is 6.61 Å². The van der Waals surface area contributed by atoms with Gasteiger partial charge in [0, 0.05) is 11.1 Å². The highest BCUT2D eigenvalue weighted by atomic mass is 16.6. The summed E-state index contributed by atoms with van der Waals surface area (Å²) in [7, 11) is 0. The molecule has 0 saturated heterocycles. The smallest absolute Gasteiger partial charge is 0.333 e. The summed E-state index contributed by atoms with van der Waals surface area (Å²) in [6.45, 7) is 14.7. The largest absolute Gasteiger partial charge is 0.458 e. The lowest BCUT2D eigenvalue weighted by Crippen LogP contribution is -2.28. The number of rotatable bonds is 7. The maximum atomic E-state index is 11.1. The van der Waals surface area contributed by atoms with Gasteiger partial charge in [0.2, 0.25) is 0 Å². The van der Waals surface area contributed by atoms with Gasteiger partial charge in [-0.1, -0.05) is 26.2 Å². The van der Waals surface area contributed by atoms with Crippen LogP contribution in [-0.2, 0) is 19.1 Å². The highest BCUT2D eigenvalue weighted by molar-refractivity contribution is 5.87. The van der Waals surface area contributed by atoms with Gasteiger partial charge in [-0.25, -0.2) is 9.59 Å². The molecular formula is C15H24O5. The van der Waals surface area contributed by atoms with Crippen LogP contribution in [0.2, 0.25) is 0 Å². The second-order valence-electron chi connectivity index (χ2n) is 4.07. The zero-order chi connectivity index (χ0) is 16.1. The maximum Gasteiger partial charge on any atom is 0.333 e. The van der Waals surface area contributed by atoms with Gasteiger partial charge in [-0.05, 0) is 20.3 Å². The van der Waals surface area contributed by atoms with Gasteiger partial charge in [0.15, 0.2) is 6.10 Å². The van der Waals surface area contributed by atoms with E-state index >= 15 is 0 Å². The summed E-state index contributed by atoms with van der Waals surface area (Å²) in [6, 6.07) is 0. The Morgan fingerprint density at radius 3 is 1.95 bits per heavy atom. The zero-order valence-corrected chi connectivity index (χ0v) is 12.5. The molecule has 0 aliphatic heterocycles. The van der Waals surface area contributed by atoms with Crippen LogP contribution < -0.4 is 0 Å². The Morgan fingerprint density at radius 1 is 1.20 bits per heavy atom. The summed E-state index contributed by atoms with van der Waals surface area (Å²) in [5.41, 5.74) is 0.451. The van der Waals surface area contributed by atoms with E-state index in [1.807, 2.05) is 6.08 Å². The normalized spacial score (nSPS) is 10.4. The van der Waals surface area contributed by atoms with Crippen molar-refractivity contribution in [3.05, 3.63) is 37.0 Å². The van der Waals surface area contributed by atoms with Gasteiger partial charge >= 0.3 is 11.9 Å². The van der Waals surface area contributed by atoms with E-state index in [4.69, 9.17) is 14.6 Å². The van der Waals surface area contributed by atoms with Gasteiger partial charge in [-0.15, -0.1) is 6.58 Å². The van der Waals surface area contributed by atoms with Crippen LogP contribution in [0.3, 0.4) is 0 Å². The first kappa shape index (κ1) is 20.4. The minimum absolute atomic E-state index is 0.207. The number of aliphatic hydroxyl groups is 1. The average Bonchev–Trinajstić information content (AvgIpc) is 2.42. The van der Waals surface area contributed by atoms with Crippen molar-refractivity contribution in [2.24, 2.45) is 0 Å². The molecule has 0 saturated carbocycles. The number of esters is 2. The molecule has 0 aromatic heterocycles. The summed E-state index contributed by atoms with van der Waals surface area (Å²) in [5, 5.41) is 8.89. The molecule has 1 atom stereocenters. The SMILES string of the molecule is C=C(C)C(=O)OCC(CO)OC(=O)C(=C)C.C=CCC. The van der Waals surface area contributed by atoms with Gasteiger partial charge in [-0.3, -0.25) is 0 Å². The molecule has 0 fully saturated rings. The number of aliphatic hydroxyl groups excluding tert-OH is 1. The Labute approximate surface area is 120 Å². The third kappa shape index (κ3) is 11.2. The lowest BCUT2D eigenvalue weighted by molar-refractivity contribution is -0.156. The minimum Gasteiger partial charge on any atom is -0.458 e. The lowest BCUT2D eigenvalue weighted by atomic mass is 10.3. The topological polar surface area (TPSA) is 72.8 Å². The van der Waals surface area contributed by atoms with Crippen LogP contribution in [0.25, 0.3) is 0 Å². The molecule has 0 amide bonds. The van der Waals surface area contributed by atoms with Crippen LogP contribution in [0.1, 0.15) is 27.2 Å². The number of carbonyl (C=O) groups excluding carboxylic acids is 2. The van der Waals surface area contributed by atoms with Gasteiger partial charge in [0.05, 0.1) is 6.61 Å². The number of allylic oxidation sites excluding steroid dienone is 1. The number of ether oxygens (including phenoxy) is 2. The van der Waals surface area contributed by atoms with Crippen LogP contribution >= 0.6 is 0 Å². The van der Waals surface area contributed by atoms with E-state index in [1.54, 1.807) is 0 Å². The fourth-order valence-corrected chi connectivity index (χ4v) is 0.668. The van der Waals surface area contributed by atoms with Crippen LogP contribution in [0, 0.1) is 0 Å². The quantitative estimate of drug-likeness (QED) is 0.440. The second kappa shape index (κ2) is 12.2. The Morgan fingerprint density at radius 2 is 1.65 bits per heavy atom. The van der Waals surface area contributed by atoms with Crippen molar-refractivity contribution in [3.63, 3.8) is 0 Å². The summed E-state index contributed by atoms with van der Waals surface area (Å²) < 4.78 is 9.53. The van der Waals surface area contributed by atoms with Crippen LogP contribution in [0.4, 0.5) is 0 Å². The molecule has 0 spiro atoms. The van der Waals surface area contributed by atoms with Crippen molar-refractivity contribution in [2.45, 2.75) is 33.3 Å². The molecule has 0 aromatic rings. The van der Waals surface area contributed by atoms with E-state index in [0.717, 1.165) is 6.42 Å². The van der Waals surface area contributed by atoms with Gasteiger partial charge < -0.3 is 14.6 Å². The molecular weight excluding hydrogens is 260 g/mol. The van der Waals surface area contributed by atoms with E-state index in [1.165, 1.54) is 13.8 Å². The minimum atomic E-state index is -0.882. The van der Waals surface area contributed by atoms with Crippen molar-refractivity contribution in [1.82, 2.24) is 0 Å². The first-order valence-corrected chi connectivity index (χ1v) is 6.20. The summed E-state index contributed by atoms with van der Waals surface area (Å²) >= 11 is 0. The molecule has 20 heavy (non-hydrogen) atoms. The number of carbonyl (C=O) groups is 2. The van der Waals surface area contributed by atoms with Crippen molar-refractivity contribution in [2.75, 3.05) is 13.2 Å². The molecule has 114 valence electrons. The van der Waals surface area contributed by atoms with E-state index in [9.17, 15) is 9.59 Å². The van der Waals surface area contributed by atoms with Gasteiger partial charge in [0.25, 0.3) is 0 Å². The molecule has 0 aliphatic rings. The van der Waals surface area contributed by atoms with E-state index in [0.29, 0.717) is 0 Å². The maximum absolute atomic E-state index is 11.1. The molecule has 1 N–H and O–H groups in total. The fraction of sp³-hybridized carbons (Fsp3) is 0.467. The third-order valence-corrected chi connectivity index (χ3v) is 1.86. The monoisotopic (exact) mass is 284 g/mol. The first-order valence-electron chi connectivity index (χ1n) is 6.20. The Bertz CT molecular complexity index is 357. The van der Waals surface area contributed by atoms with E-state index in [-0.39, 0.29) is 17.8 Å². The molecule has 5 heteroatoms. The Balaban J connectivity index is 0. The lowest BCUT2D eigenvalue weighted by Gasteiger charge is -2.15. The second-order valence-corrected chi connectivity index (χ2v) is 4.07. The molecule has 0 heterocycles. The predicted octanol–water partition coefficient (Wildman–Crippen LogP) is 2.17. The summed E-state index contributed by atoms with van der Waals surface area (Å²) in [5.74, 6) is -1.23. The number of hydrogen-bond donors (Lipinski definition) is 1. The molecule has 1 unspecified atom stereocenters. The van der Waals surface area contributed by atoms with Gasteiger partial charge in [-0.2, -0.15) is 0 Å². The van der Waals surface area contributed by atoms with Crippen molar-refractivity contribution in [3.8, 4) is 0 Å². The van der Waals surface area contributed by atoms with Crippen LogP contribution in [0.5, 0.6) is 0 Å². The predicted molar refractivity (Wildman–Crippen MR) is 78.0 cm³/mol. The van der Waals surface area contributed by atoms with Crippen molar-refractivity contribution in [1.29, 1.82) is 0 Å². The molecule has 0 aromatic carbocycles. The summed E-state index contributed by atoms with van der Waals surface area (Å²) in [4.78, 5) is 22.1. The van der Waals surface area contributed by atoms with Crippen molar-refractivity contribution < 1.29 is 24.2 Å². The molecule has 5 nitrogen and oxygen atoms in total. The Kier molecular flexibility index (Phi) is 12.4. The first-order chi connectivity index (χ1) is 9.29. The Hall–Kier alpha value is -1.88. The van der Waals surface area contributed by atoms with E-state index < -0.39 is 24.6 Å². The molecule has 0 rings (SSSR count). The average molecular weight is 284 g/mol. The van der Waals surface area contributed by atoms with E-state index in [2.05, 4.69) is 26.7 Å². The number of hydrogen-bond acceptors (Lipinski definition) is 5. The zero-order valence-electron chi connectivity index (χ0n) is 12.5. The van der Waals surface area contributed by atoms with Crippen LogP contribution in [-0.4, -0.2) is 36.4 Å². The molecule has 0 aliphatic carbocycles. The summed E-state index contributed by atoms with van der Waals surface area (Å²) in [6.07, 6.45) is 2.08. The fourth-order valence-electron chi connectivity index (χ4n) is 0.668. The third-order valence-electron chi connectivity index (χ3n) is 1.86. The standard InChI is InChI=1S/C11H16O5.C4H8/c1-7(2)10(13)15-6-9(5-12)16-11(14)8(3)4;1-3-4-2/h9,12H,1,3,5-6H2,2,4H3;3H,1,4H2,2H3. The molecule has 0 bridgehead atoms. The highest BCUT2D eigenvalue weighted by Gasteiger charge is 2.16. The highest BCUT2D eigenvalue weighted by Crippen LogP contribution is 2.01.